The molecule has 18 heavy (non-hydrogen) atoms. The van der Waals surface area contributed by atoms with E-state index in [9.17, 15) is 14.7 Å². The first-order chi connectivity index (χ1) is 8.44. The number of hydrogen-bond acceptors (Lipinski definition) is 4. The number of aromatic nitrogens is 2. The molecule has 1 unspecified atom stereocenters. The van der Waals surface area contributed by atoms with Crippen LogP contribution < -0.4 is 5.32 Å². The first-order valence-electron chi connectivity index (χ1n) is 5.58. The smallest absolute Gasteiger partial charge is 0.331 e. The van der Waals surface area contributed by atoms with E-state index in [-0.39, 0.29) is 13.0 Å². The molecular formula is C11H15N3O4. The fraction of sp³-hybridized carbons (Fsp3) is 0.545. The van der Waals surface area contributed by atoms with Gasteiger partial charge in [0, 0.05) is 26.3 Å². The summed E-state index contributed by atoms with van der Waals surface area (Å²) >= 11 is 0. The maximum Gasteiger partial charge on any atom is 0.331 e. The average Bonchev–Trinajstić information content (AvgIpc) is 2.86. The fourth-order valence-electron chi connectivity index (χ4n) is 1.99. The number of ether oxygens (including phenoxy) is 1. The van der Waals surface area contributed by atoms with Crippen LogP contribution in [0, 0.1) is 6.92 Å². The van der Waals surface area contributed by atoms with Crippen LogP contribution in [-0.2, 0) is 16.6 Å². The summed E-state index contributed by atoms with van der Waals surface area (Å²) in [6.07, 6.45) is 1.84. The van der Waals surface area contributed by atoms with Crippen LogP contribution in [0.1, 0.15) is 22.5 Å². The van der Waals surface area contributed by atoms with Gasteiger partial charge in [-0.2, -0.15) is 5.10 Å². The third-order valence-corrected chi connectivity index (χ3v) is 3.04. The molecule has 1 aromatic rings. The van der Waals surface area contributed by atoms with Gasteiger partial charge in [0.1, 0.15) is 0 Å². The lowest BCUT2D eigenvalue weighted by molar-refractivity contribution is -0.144. The summed E-state index contributed by atoms with van der Waals surface area (Å²) in [6.45, 7) is 2.03. The van der Waals surface area contributed by atoms with E-state index < -0.39 is 17.4 Å². The second-order valence-corrected chi connectivity index (χ2v) is 4.45. The van der Waals surface area contributed by atoms with Gasteiger partial charge in [-0.25, -0.2) is 4.79 Å². The third kappa shape index (κ3) is 2.08. The van der Waals surface area contributed by atoms with Gasteiger partial charge >= 0.3 is 5.97 Å². The minimum absolute atomic E-state index is 0.00656. The molecule has 0 aliphatic carbocycles. The molecule has 0 saturated carbocycles. The SMILES string of the molecule is Cc1nn(C)cc1C(=O)NC1(C(=O)O)CCOC1. The van der Waals surface area contributed by atoms with Crippen molar-refractivity contribution in [2.24, 2.45) is 7.05 Å². The maximum atomic E-state index is 12.1. The van der Waals surface area contributed by atoms with Gasteiger partial charge in [-0.3, -0.25) is 9.48 Å². The number of carboxylic acid groups (broad SMARTS) is 1. The van der Waals surface area contributed by atoms with E-state index >= 15 is 0 Å². The number of rotatable bonds is 3. The van der Waals surface area contributed by atoms with Crippen LogP contribution in [-0.4, -0.2) is 45.5 Å². The van der Waals surface area contributed by atoms with Crippen molar-refractivity contribution in [2.75, 3.05) is 13.2 Å². The van der Waals surface area contributed by atoms with Crippen LogP contribution in [0.2, 0.25) is 0 Å². The quantitative estimate of drug-likeness (QED) is 0.771. The van der Waals surface area contributed by atoms with Gasteiger partial charge in [-0.1, -0.05) is 0 Å². The van der Waals surface area contributed by atoms with E-state index in [1.807, 2.05) is 0 Å². The van der Waals surface area contributed by atoms with Crippen LogP contribution >= 0.6 is 0 Å². The molecule has 1 fully saturated rings. The summed E-state index contributed by atoms with van der Waals surface area (Å²) < 4.78 is 6.59. The number of aliphatic carboxylic acids is 1. The highest BCUT2D eigenvalue weighted by molar-refractivity contribution is 5.98. The first kappa shape index (κ1) is 12.6. The number of carbonyl (C=O) groups excluding carboxylic acids is 1. The lowest BCUT2D eigenvalue weighted by Gasteiger charge is -2.23. The lowest BCUT2D eigenvalue weighted by Crippen LogP contribution is -2.55. The molecule has 1 amide bonds. The van der Waals surface area contributed by atoms with Crippen LogP contribution in [0.3, 0.4) is 0 Å². The van der Waals surface area contributed by atoms with E-state index in [1.165, 1.54) is 4.68 Å². The van der Waals surface area contributed by atoms with Crippen molar-refractivity contribution in [3.8, 4) is 0 Å². The monoisotopic (exact) mass is 253 g/mol. The predicted molar refractivity (Wildman–Crippen MR) is 61.2 cm³/mol. The number of nitrogens with one attached hydrogen (secondary N) is 1. The van der Waals surface area contributed by atoms with Crippen LogP contribution in [0.4, 0.5) is 0 Å². The Balaban J connectivity index is 2.20. The van der Waals surface area contributed by atoms with Crippen molar-refractivity contribution < 1.29 is 19.4 Å². The number of amides is 1. The molecule has 7 heteroatoms. The van der Waals surface area contributed by atoms with E-state index in [2.05, 4.69) is 10.4 Å². The number of carboxylic acids is 1. The molecule has 2 heterocycles. The molecule has 2 rings (SSSR count). The lowest BCUT2D eigenvalue weighted by atomic mass is 9.98. The Labute approximate surface area is 104 Å². The molecule has 0 bridgehead atoms. The summed E-state index contributed by atoms with van der Waals surface area (Å²) in [5, 5.41) is 15.8. The van der Waals surface area contributed by atoms with E-state index in [1.54, 1.807) is 20.2 Å². The summed E-state index contributed by atoms with van der Waals surface area (Å²) in [5.74, 6) is -1.51. The molecule has 1 aliphatic rings. The van der Waals surface area contributed by atoms with Crippen molar-refractivity contribution in [3.63, 3.8) is 0 Å². The van der Waals surface area contributed by atoms with Crippen molar-refractivity contribution in [1.29, 1.82) is 0 Å². The van der Waals surface area contributed by atoms with Crippen LogP contribution in [0.5, 0.6) is 0 Å². The number of carbonyl (C=O) groups is 2. The standard InChI is InChI=1S/C11H15N3O4/c1-7-8(5-14(2)13-7)9(15)12-11(10(16)17)3-4-18-6-11/h5H,3-4,6H2,1-2H3,(H,12,15)(H,16,17). The van der Waals surface area contributed by atoms with E-state index in [0.717, 1.165) is 0 Å². The van der Waals surface area contributed by atoms with Gasteiger partial charge in [0.25, 0.3) is 5.91 Å². The Bertz CT molecular complexity index is 488. The van der Waals surface area contributed by atoms with Crippen molar-refractivity contribution >= 4 is 11.9 Å². The summed E-state index contributed by atoms with van der Waals surface area (Å²) in [6, 6.07) is 0. The van der Waals surface area contributed by atoms with Gasteiger partial charge in [0.05, 0.1) is 17.9 Å². The molecule has 1 atom stereocenters. The van der Waals surface area contributed by atoms with Gasteiger partial charge in [-0.05, 0) is 6.92 Å². The Morgan fingerprint density at radius 3 is 2.78 bits per heavy atom. The zero-order valence-corrected chi connectivity index (χ0v) is 10.3. The molecular weight excluding hydrogens is 238 g/mol. The largest absolute Gasteiger partial charge is 0.479 e. The van der Waals surface area contributed by atoms with Gasteiger partial charge < -0.3 is 15.2 Å². The molecule has 0 radical (unpaired) electrons. The highest BCUT2D eigenvalue weighted by Gasteiger charge is 2.44. The molecule has 2 N–H and O–H groups in total. The zero-order valence-electron chi connectivity index (χ0n) is 10.3. The number of nitrogens with zero attached hydrogens (tertiary/aromatic N) is 2. The van der Waals surface area contributed by atoms with Crippen molar-refractivity contribution in [1.82, 2.24) is 15.1 Å². The Morgan fingerprint density at radius 2 is 2.33 bits per heavy atom. The van der Waals surface area contributed by atoms with E-state index in [0.29, 0.717) is 17.9 Å². The van der Waals surface area contributed by atoms with Crippen LogP contribution in [0.15, 0.2) is 6.20 Å². The second kappa shape index (κ2) is 4.41. The van der Waals surface area contributed by atoms with Gasteiger partial charge in [-0.15, -0.1) is 0 Å². The average molecular weight is 253 g/mol. The highest BCUT2D eigenvalue weighted by Crippen LogP contribution is 2.20. The zero-order chi connectivity index (χ0) is 13.3. The molecule has 1 aliphatic heterocycles. The Hall–Kier alpha value is -1.89. The molecule has 7 nitrogen and oxygen atoms in total. The Morgan fingerprint density at radius 1 is 1.61 bits per heavy atom. The third-order valence-electron chi connectivity index (χ3n) is 3.04. The molecule has 1 aromatic heterocycles. The van der Waals surface area contributed by atoms with E-state index in [4.69, 9.17) is 4.74 Å². The first-order valence-corrected chi connectivity index (χ1v) is 5.58. The van der Waals surface area contributed by atoms with Gasteiger partial charge in [0.2, 0.25) is 0 Å². The van der Waals surface area contributed by atoms with Gasteiger partial charge in [0.15, 0.2) is 5.54 Å². The number of aryl methyl sites for hydroxylation is 2. The summed E-state index contributed by atoms with van der Waals surface area (Å²) in [5.41, 5.74) is -0.376. The normalized spacial score (nSPS) is 23.0. The minimum Gasteiger partial charge on any atom is -0.479 e. The van der Waals surface area contributed by atoms with Crippen molar-refractivity contribution in [3.05, 3.63) is 17.5 Å². The Kier molecular flexibility index (Phi) is 3.08. The molecule has 0 spiro atoms. The second-order valence-electron chi connectivity index (χ2n) is 4.45. The molecule has 1 saturated heterocycles. The summed E-state index contributed by atoms with van der Waals surface area (Å²) in [7, 11) is 1.70. The minimum atomic E-state index is -1.32. The topological polar surface area (TPSA) is 93.5 Å². The maximum absolute atomic E-state index is 12.1. The molecule has 0 aromatic carbocycles. The highest BCUT2D eigenvalue weighted by atomic mass is 16.5. The van der Waals surface area contributed by atoms with Crippen molar-refractivity contribution in [2.45, 2.75) is 18.9 Å². The van der Waals surface area contributed by atoms with Crippen LogP contribution in [0.25, 0.3) is 0 Å². The fourth-order valence-corrected chi connectivity index (χ4v) is 1.99. The predicted octanol–water partition coefficient (Wildman–Crippen LogP) is -0.298. The summed E-state index contributed by atoms with van der Waals surface area (Å²) in [4.78, 5) is 23.3. The number of hydrogen-bond donors (Lipinski definition) is 2. The molecule has 98 valence electrons.